The predicted octanol–water partition coefficient (Wildman–Crippen LogP) is 3.72. The Hall–Kier alpha value is -2.46. The lowest BCUT2D eigenvalue weighted by Crippen LogP contribution is -2.26. The van der Waals surface area contributed by atoms with E-state index in [9.17, 15) is 9.32 Å². The summed E-state index contributed by atoms with van der Waals surface area (Å²) < 4.78 is 11.9. The van der Waals surface area contributed by atoms with Gasteiger partial charge in [0.2, 0.25) is 5.95 Å². The van der Waals surface area contributed by atoms with Crippen molar-refractivity contribution in [2.75, 3.05) is 17.2 Å². The van der Waals surface area contributed by atoms with E-state index in [0.717, 1.165) is 23.2 Å². The van der Waals surface area contributed by atoms with Crippen LogP contribution in [0.3, 0.4) is 0 Å². The Morgan fingerprint density at radius 3 is 2.57 bits per heavy atom. The molecule has 0 aliphatic rings. The van der Waals surface area contributed by atoms with Crippen LogP contribution in [0.5, 0.6) is 0 Å². The molecule has 0 aliphatic heterocycles. The van der Waals surface area contributed by atoms with E-state index in [-0.39, 0.29) is 12.6 Å². The molecule has 2 atom stereocenters. The van der Waals surface area contributed by atoms with Gasteiger partial charge in [0, 0.05) is 22.3 Å². The number of nitrogens with one attached hydrogen (secondary N) is 2. The Kier molecular flexibility index (Phi) is 7.09. The van der Waals surface area contributed by atoms with Crippen molar-refractivity contribution in [3.8, 4) is 11.1 Å². The van der Waals surface area contributed by atoms with Gasteiger partial charge in [-0.1, -0.05) is 13.8 Å². The van der Waals surface area contributed by atoms with E-state index in [1.807, 2.05) is 16.8 Å². The standard InChI is InChI=1S/C21H27N5O2S2/c1-14(2)10-17(12-27)24-20-19(15-8-9-29-13-15)11-23-21(26-20)25-16-4-6-18(7-5-16)30(3,22)28/h4-9,11,13-14,17,27H,3,10,12H2,1-2H3,(H2,22,28)(H2,23,24,25,26)/t17-,30?/m0/s1. The van der Waals surface area contributed by atoms with Gasteiger partial charge in [-0.05, 0) is 64.9 Å². The lowest BCUT2D eigenvalue weighted by Gasteiger charge is -2.21. The maximum Gasteiger partial charge on any atom is 0.229 e. The van der Waals surface area contributed by atoms with E-state index in [4.69, 9.17) is 5.14 Å². The molecule has 0 saturated heterocycles. The lowest BCUT2D eigenvalue weighted by atomic mass is 10.0. The van der Waals surface area contributed by atoms with E-state index in [2.05, 4.69) is 40.3 Å². The summed E-state index contributed by atoms with van der Waals surface area (Å²) in [4.78, 5) is 9.57. The molecule has 160 valence electrons. The third kappa shape index (κ3) is 5.79. The molecule has 2 heterocycles. The molecular weight excluding hydrogens is 418 g/mol. The number of anilines is 3. The SMILES string of the molecule is C=S(N)(=O)c1ccc(Nc2ncc(-c3ccsc3)c(N[C@H](CO)CC(C)C)n2)cc1. The van der Waals surface area contributed by atoms with Gasteiger partial charge < -0.3 is 15.7 Å². The number of nitrogens with zero attached hydrogens (tertiary/aromatic N) is 2. The van der Waals surface area contributed by atoms with Crippen LogP contribution < -0.4 is 15.8 Å². The van der Waals surface area contributed by atoms with Gasteiger partial charge in [-0.2, -0.15) is 16.3 Å². The Labute approximate surface area is 181 Å². The molecule has 1 unspecified atom stereocenters. The third-order valence-corrected chi connectivity index (χ3v) is 6.20. The van der Waals surface area contributed by atoms with Crippen molar-refractivity contribution >= 4 is 44.4 Å². The average Bonchev–Trinajstić information content (AvgIpc) is 3.21. The smallest absolute Gasteiger partial charge is 0.229 e. The first kappa shape index (κ1) is 22.2. The highest BCUT2D eigenvalue weighted by Gasteiger charge is 2.16. The van der Waals surface area contributed by atoms with Crippen molar-refractivity contribution in [1.29, 1.82) is 0 Å². The minimum Gasteiger partial charge on any atom is -0.394 e. The molecule has 3 rings (SSSR count). The topological polar surface area (TPSA) is 113 Å². The summed E-state index contributed by atoms with van der Waals surface area (Å²) in [6.07, 6.45) is 2.58. The summed E-state index contributed by atoms with van der Waals surface area (Å²) in [5.41, 5.74) is 2.63. The molecule has 30 heavy (non-hydrogen) atoms. The number of nitrogens with two attached hydrogens (primary N) is 1. The van der Waals surface area contributed by atoms with Crippen LogP contribution in [0.2, 0.25) is 0 Å². The zero-order valence-electron chi connectivity index (χ0n) is 17.0. The summed E-state index contributed by atoms with van der Waals surface area (Å²) >= 11 is 1.60. The fourth-order valence-corrected chi connectivity index (χ4v) is 4.27. The number of aromatic nitrogens is 2. The number of aliphatic hydroxyl groups is 1. The molecule has 0 bridgehead atoms. The zero-order valence-corrected chi connectivity index (χ0v) is 18.7. The van der Waals surface area contributed by atoms with Gasteiger partial charge in [0.05, 0.1) is 22.4 Å². The average molecular weight is 446 g/mol. The van der Waals surface area contributed by atoms with E-state index in [1.165, 1.54) is 0 Å². The first-order chi connectivity index (χ1) is 14.3. The first-order valence-corrected chi connectivity index (χ1v) is 12.3. The molecule has 0 aliphatic carbocycles. The minimum absolute atomic E-state index is 0.0128. The summed E-state index contributed by atoms with van der Waals surface area (Å²) in [7, 11) is -2.75. The first-order valence-electron chi connectivity index (χ1n) is 9.55. The summed E-state index contributed by atoms with van der Waals surface area (Å²) in [6, 6.07) is 8.75. The quantitative estimate of drug-likeness (QED) is 0.373. The number of aliphatic hydroxyl groups excluding tert-OH is 1. The highest BCUT2D eigenvalue weighted by Crippen LogP contribution is 2.30. The van der Waals surface area contributed by atoms with Crippen LogP contribution in [0.25, 0.3) is 11.1 Å². The lowest BCUT2D eigenvalue weighted by molar-refractivity contribution is 0.259. The van der Waals surface area contributed by atoms with Crippen molar-refractivity contribution in [3.63, 3.8) is 0 Å². The number of thiophene rings is 1. The van der Waals surface area contributed by atoms with Crippen LogP contribution in [0, 0.1) is 5.92 Å². The van der Waals surface area contributed by atoms with Gasteiger partial charge in [0.15, 0.2) is 0 Å². The Morgan fingerprint density at radius 2 is 2.00 bits per heavy atom. The van der Waals surface area contributed by atoms with E-state index < -0.39 is 9.71 Å². The largest absolute Gasteiger partial charge is 0.394 e. The van der Waals surface area contributed by atoms with E-state index >= 15 is 0 Å². The summed E-state index contributed by atoms with van der Waals surface area (Å²) in [5, 5.41) is 25.9. The molecule has 0 spiro atoms. The van der Waals surface area contributed by atoms with Crippen LogP contribution in [0.15, 0.2) is 52.2 Å². The molecule has 3 aromatic rings. The Bertz CT molecular complexity index is 1070. The number of rotatable bonds is 9. The molecule has 1 aromatic carbocycles. The van der Waals surface area contributed by atoms with Crippen molar-refractivity contribution in [2.24, 2.45) is 11.1 Å². The molecule has 5 N–H and O–H groups in total. The van der Waals surface area contributed by atoms with Gasteiger partial charge in [0.1, 0.15) is 5.82 Å². The van der Waals surface area contributed by atoms with Crippen LogP contribution in [0.1, 0.15) is 20.3 Å². The van der Waals surface area contributed by atoms with Crippen molar-refractivity contribution < 1.29 is 9.32 Å². The van der Waals surface area contributed by atoms with Gasteiger partial charge >= 0.3 is 0 Å². The number of benzene rings is 1. The second-order valence-electron chi connectivity index (χ2n) is 7.50. The van der Waals surface area contributed by atoms with Crippen molar-refractivity contribution in [2.45, 2.75) is 31.2 Å². The fourth-order valence-electron chi connectivity index (χ4n) is 3.02. The molecule has 0 radical (unpaired) electrons. The van der Waals surface area contributed by atoms with Crippen molar-refractivity contribution in [1.82, 2.24) is 9.97 Å². The third-order valence-electron chi connectivity index (χ3n) is 4.45. The Balaban J connectivity index is 1.89. The fraction of sp³-hybridized carbons (Fsp3) is 0.286. The Morgan fingerprint density at radius 1 is 1.27 bits per heavy atom. The second kappa shape index (κ2) is 9.57. The van der Waals surface area contributed by atoms with Gasteiger partial charge in [0.25, 0.3) is 0 Å². The summed E-state index contributed by atoms with van der Waals surface area (Å²) in [5.74, 6) is 4.99. The minimum atomic E-state index is -2.75. The highest BCUT2D eigenvalue weighted by atomic mass is 32.2. The maximum absolute atomic E-state index is 11.9. The van der Waals surface area contributed by atoms with E-state index in [1.54, 1.807) is 41.8 Å². The van der Waals surface area contributed by atoms with Crippen molar-refractivity contribution in [3.05, 3.63) is 47.3 Å². The zero-order chi connectivity index (χ0) is 21.7. The molecule has 0 fully saturated rings. The molecule has 7 nitrogen and oxygen atoms in total. The van der Waals surface area contributed by atoms with Gasteiger partial charge in [-0.15, -0.1) is 0 Å². The molecule has 9 heteroatoms. The van der Waals surface area contributed by atoms with Crippen LogP contribution in [-0.2, 0) is 9.71 Å². The van der Waals surface area contributed by atoms with Gasteiger partial charge in [-0.3, -0.25) is 5.14 Å². The monoisotopic (exact) mass is 445 g/mol. The van der Waals surface area contributed by atoms with Gasteiger partial charge in [-0.25, -0.2) is 9.19 Å². The van der Waals surface area contributed by atoms with Crippen LogP contribution >= 0.6 is 11.3 Å². The van der Waals surface area contributed by atoms with E-state index in [0.29, 0.717) is 22.6 Å². The summed E-state index contributed by atoms with van der Waals surface area (Å²) in [6.45, 7) is 4.25. The van der Waals surface area contributed by atoms with Crippen LogP contribution in [0.4, 0.5) is 17.5 Å². The predicted molar refractivity (Wildman–Crippen MR) is 127 cm³/mol. The molecule has 0 saturated carbocycles. The van der Waals surface area contributed by atoms with Crippen LogP contribution in [-0.4, -0.2) is 37.8 Å². The molecule has 0 amide bonds. The number of hydrogen-bond donors (Lipinski definition) is 4. The highest BCUT2D eigenvalue weighted by molar-refractivity contribution is 7.98. The molecule has 2 aromatic heterocycles. The second-order valence-corrected chi connectivity index (χ2v) is 10.2. The maximum atomic E-state index is 11.9. The normalized spacial score (nSPS) is 14.3. The molecular formula is C21H27N5O2S2. The number of hydrogen-bond acceptors (Lipinski definition) is 7.